The predicted octanol–water partition coefficient (Wildman–Crippen LogP) is 4.27. The van der Waals surface area contributed by atoms with Gasteiger partial charge in [0.15, 0.2) is 0 Å². The van der Waals surface area contributed by atoms with Gasteiger partial charge in [-0.15, -0.1) is 0 Å². The highest BCUT2D eigenvalue weighted by Crippen LogP contribution is 2.32. The van der Waals surface area contributed by atoms with E-state index >= 15 is 0 Å². The lowest BCUT2D eigenvalue weighted by Crippen LogP contribution is -2.37. The van der Waals surface area contributed by atoms with Crippen molar-refractivity contribution in [2.75, 3.05) is 31.2 Å². The van der Waals surface area contributed by atoms with E-state index in [1.54, 1.807) is 22.8 Å². The number of fused-ring (bicyclic) bond motifs is 1. The number of nitrogens with one attached hydrogen (secondary N) is 1. The molecule has 0 aliphatic carbocycles. The Kier molecular flexibility index (Phi) is 5.76. The van der Waals surface area contributed by atoms with Crippen molar-refractivity contribution in [1.29, 1.82) is 0 Å². The van der Waals surface area contributed by atoms with E-state index in [0.717, 1.165) is 28.7 Å². The molecule has 0 spiro atoms. The average Bonchev–Trinajstić information content (AvgIpc) is 3.24. The molecule has 3 heterocycles. The second-order valence-electron chi connectivity index (χ2n) is 8.30. The van der Waals surface area contributed by atoms with Crippen LogP contribution in [0.5, 0.6) is 0 Å². The Hall–Kier alpha value is -3.79. The van der Waals surface area contributed by atoms with E-state index in [1.165, 1.54) is 22.9 Å². The maximum atomic E-state index is 13.0. The number of alkyl halides is 3. The van der Waals surface area contributed by atoms with Crippen LogP contribution in [0.3, 0.4) is 0 Å². The van der Waals surface area contributed by atoms with Gasteiger partial charge in [-0.05, 0) is 37.3 Å². The average molecular weight is 486 g/mol. The molecule has 10 heteroatoms. The van der Waals surface area contributed by atoms with Crippen LogP contribution in [0.4, 0.5) is 18.9 Å². The van der Waals surface area contributed by atoms with E-state index in [-0.39, 0.29) is 6.99 Å². The summed E-state index contributed by atoms with van der Waals surface area (Å²) in [5, 5.41) is 0.803. The number of hydrogen-bond donors (Lipinski definition) is 1. The number of hydrogen-bond acceptors (Lipinski definition) is 4. The van der Waals surface area contributed by atoms with Crippen molar-refractivity contribution < 1.29 is 19.3 Å². The largest absolute Gasteiger partial charge is 0.416 e. The number of halogens is 3. The SMILES string of the molecule is CCn1c(=O)cc(N2CCOCC2)c2cc(-n3c(-c4ccc(C(F)(F)F)cc4)c[nH]c3=O)ccc21.[HH]. The number of imidazole rings is 1. The van der Waals surface area contributed by atoms with Crippen molar-refractivity contribution in [3.8, 4) is 16.9 Å². The molecular formula is C25H25F3N4O3. The summed E-state index contributed by atoms with van der Waals surface area (Å²) >= 11 is 0. The lowest BCUT2D eigenvalue weighted by atomic mass is 10.1. The highest BCUT2D eigenvalue weighted by atomic mass is 19.4. The molecule has 1 aliphatic rings. The third kappa shape index (κ3) is 4.14. The summed E-state index contributed by atoms with van der Waals surface area (Å²) in [5.41, 5.74) is 1.64. The Labute approximate surface area is 199 Å². The van der Waals surface area contributed by atoms with Crippen LogP contribution in [0, 0.1) is 0 Å². The summed E-state index contributed by atoms with van der Waals surface area (Å²) < 4.78 is 47.6. The number of rotatable bonds is 4. The van der Waals surface area contributed by atoms with Gasteiger partial charge in [-0.2, -0.15) is 13.2 Å². The minimum atomic E-state index is -4.44. The van der Waals surface area contributed by atoms with Crippen LogP contribution < -0.4 is 16.1 Å². The molecule has 0 bridgehead atoms. The molecule has 35 heavy (non-hydrogen) atoms. The van der Waals surface area contributed by atoms with Crippen molar-refractivity contribution in [1.82, 2.24) is 14.1 Å². The zero-order valence-electron chi connectivity index (χ0n) is 18.9. The number of H-pyrrole nitrogens is 1. The molecule has 1 N–H and O–H groups in total. The molecule has 2 aromatic heterocycles. The maximum absolute atomic E-state index is 13.0. The first-order valence-electron chi connectivity index (χ1n) is 11.3. The van der Waals surface area contributed by atoms with E-state index in [0.29, 0.717) is 49.8 Å². The number of ether oxygens (including phenoxy) is 1. The molecule has 1 fully saturated rings. The Morgan fingerprint density at radius 2 is 1.74 bits per heavy atom. The molecule has 2 aromatic carbocycles. The van der Waals surface area contributed by atoms with Crippen LogP contribution in [0.25, 0.3) is 27.8 Å². The summed E-state index contributed by atoms with van der Waals surface area (Å²) in [6, 6.07) is 11.7. The summed E-state index contributed by atoms with van der Waals surface area (Å²) in [4.78, 5) is 30.3. The number of benzene rings is 2. The van der Waals surface area contributed by atoms with Gasteiger partial charge in [-0.3, -0.25) is 9.36 Å². The molecule has 184 valence electrons. The van der Waals surface area contributed by atoms with Gasteiger partial charge in [0.2, 0.25) is 0 Å². The highest BCUT2D eigenvalue weighted by Gasteiger charge is 2.30. The lowest BCUT2D eigenvalue weighted by Gasteiger charge is -2.30. The van der Waals surface area contributed by atoms with Gasteiger partial charge in [0.05, 0.1) is 41.4 Å². The number of anilines is 1. The van der Waals surface area contributed by atoms with Gasteiger partial charge in [0.1, 0.15) is 0 Å². The fourth-order valence-electron chi connectivity index (χ4n) is 4.55. The normalized spacial score (nSPS) is 14.6. The minimum absolute atomic E-state index is 0. The van der Waals surface area contributed by atoms with Gasteiger partial charge in [-0.1, -0.05) is 12.1 Å². The quantitative estimate of drug-likeness (QED) is 0.468. The molecule has 1 saturated heterocycles. The Morgan fingerprint density at radius 3 is 2.40 bits per heavy atom. The zero-order chi connectivity index (χ0) is 24.7. The van der Waals surface area contributed by atoms with Gasteiger partial charge < -0.3 is 19.2 Å². The van der Waals surface area contributed by atoms with E-state index in [9.17, 15) is 22.8 Å². The van der Waals surface area contributed by atoms with Crippen LogP contribution >= 0.6 is 0 Å². The van der Waals surface area contributed by atoms with Crippen molar-refractivity contribution in [3.05, 3.63) is 81.1 Å². The molecular weight excluding hydrogens is 461 g/mol. The van der Waals surface area contributed by atoms with Crippen LogP contribution in [0.15, 0.2) is 64.3 Å². The summed E-state index contributed by atoms with van der Waals surface area (Å²) in [6.45, 7) is 4.74. The summed E-state index contributed by atoms with van der Waals surface area (Å²) in [5.74, 6) is 0. The molecule has 0 amide bonds. The number of aromatic amines is 1. The van der Waals surface area contributed by atoms with Crippen LogP contribution in [-0.2, 0) is 17.5 Å². The fourth-order valence-corrected chi connectivity index (χ4v) is 4.55. The predicted molar refractivity (Wildman–Crippen MR) is 129 cm³/mol. The van der Waals surface area contributed by atoms with E-state index < -0.39 is 17.4 Å². The van der Waals surface area contributed by atoms with Crippen LogP contribution in [0.2, 0.25) is 0 Å². The molecule has 0 atom stereocenters. The number of aromatic nitrogens is 3. The van der Waals surface area contributed by atoms with Gasteiger partial charge in [0, 0.05) is 44.3 Å². The molecule has 5 rings (SSSR count). The van der Waals surface area contributed by atoms with Crippen molar-refractivity contribution in [2.24, 2.45) is 0 Å². The zero-order valence-corrected chi connectivity index (χ0v) is 18.9. The first-order valence-corrected chi connectivity index (χ1v) is 11.3. The number of aryl methyl sites for hydroxylation is 1. The molecule has 0 unspecified atom stereocenters. The van der Waals surface area contributed by atoms with E-state index in [2.05, 4.69) is 9.88 Å². The first kappa shape index (κ1) is 23.0. The van der Waals surface area contributed by atoms with Crippen molar-refractivity contribution in [3.63, 3.8) is 0 Å². The Bertz CT molecular complexity index is 1500. The molecule has 1 aliphatic heterocycles. The first-order chi connectivity index (χ1) is 16.8. The molecule has 0 saturated carbocycles. The van der Waals surface area contributed by atoms with Gasteiger partial charge in [-0.25, -0.2) is 4.79 Å². The van der Waals surface area contributed by atoms with E-state index in [4.69, 9.17) is 4.74 Å². The fraction of sp³-hybridized carbons (Fsp3) is 0.280. The third-order valence-corrected chi connectivity index (χ3v) is 6.28. The molecule has 0 radical (unpaired) electrons. The van der Waals surface area contributed by atoms with Crippen LogP contribution in [0.1, 0.15) is 13.9 Å². The van der Waals surface area contributed by atoms with Crippen molar-refractivity contribution in [2.45, 2.75) is 19.6 Å². The van der Waals surface area contributed by atoms with Gasteiger partial charge in [0.25, 0.3) is 5.56 Å². The second-order valence-corrected chi connectivity index (χ2v) is 8.30. The molecule has 4 aromatic rings. The smallest absolute Gasteiger partial charge is 0.378 e. The number of nitrogens with zero attached hydrogens (tertiary/aromatic N) is 3. The van der Waals surface area contributed by atoms with Gasteiger partial charge >= 0.3 is 11.9 Å². The van der Waals surface area contributed by atoms with Crippen LogP contribution in [-0.4, -0.2) is 40.4 Å². The topological polar surface area (TPSA) is 72.3 Å². The maximum Gasteiger partial charge on any atom is 0.416 e. The summed E-state index contributed by atoms with van der Waals surface area (Å²) in [7, 11) is 0. The number of morpholine rings is 1. The Morgan fingerprint density at radius 1 is 1.03 bits per heavy atom. The lowest BCUT2D eigenvalue weighted by molar-refractivity contribution is -0.137. The van der Waals surface area contributed by atoms with E-state index in [1.807, 2.05) is 13.0 Å². The summed E-state index contributed by atoms with van der Waals surface area (Å²) in [6.07, 6.45) is -2.97. The monoisotopic (exact) mass is 486 g/mol. The standard InChI is InChI=1S/C25H23F3N4O3.H2/c1-2-31-20-8-7-18(13-19(20)21(14-23(31)33)30-9-11-35-12-10-30)32-22(15-29-24(32)34)16-3-5-17(6-4-16)25(26,27)28;/h3-8,13-15H,2,9-12H2,1H3,(H,29,34);1H. The highest BCUT2D eigenvalue weighted by molar-refractivity contribution is 5.93. The third-order valence-electron chi connectivity index (χ3n) is 6.28. The molecule has 7 nitrogen and oxygen atoms in total. The minimum Gasteiger partial charge on any atom is -0.378 e. The second kappa shape index (κ2) is 8.77. The Balaban J connectivity index is 0.00000304. The number of pyridine rings is 1. The van der Waals surface area contributed by atoms with Crippen molar-refractivity contribution >= 4 is 16.6 Å².